The first-order chi connectivity index (χ1) is 10.3. The topological polar surface area (TPSA) is 49.4 Å². The van der Waals surface area contributed by atoms with E-state index in [1.54, 1.807) is 4.31 Å². The Morgan fingerprint density at radius 3 is 2.68 bits per heavy atom. The van der Waals surface area contributed by atoms with Crippen LogP contribution >= 0.6 is 11.6 Å². The van der Waals surface area contributed by atoms with Gasteiger partial charge in [-0.3, -0.25) is 0 Å². The van der Waals surface area contributed by atoms with Gasteiger partial charge in [0.05, 0.1) is 6.26 Å². The van der Waals surface area contributed by atoms with Crippen LogP contribution in [0.5, 0.6) is 0 Å². The van der Waals surface area contributed by atoms with Gasteiger partial charge in [0.1, 0.15) is 0 Å². The summed E-state index contributed by atoms with van der Waals surface area (Å²) >= 11 is 6.26. The number of sulfonamides is 1. The molecule has 0 saturated carbocycles. The van der Waals surface area contributed by atoms with Crippen LogP contribution < -0.4 is 5.32 Å². The van der Waals surface area contributed by atoms with Gasteiger partial charge >= 0.3 is 0 Å². The average molecular weight is 345 g/mol. The Morgan fingerprint density at radius 2 is 2.09 bits per heavy atom. The fourth-order valence-electron chi connectivity index (χ4n) is 3.17. The van der Waals surface area contributed by atoms with Crippen LogP contribution in [0.4, 0.5) is 0 Å². The number of piperidine rings is 1. The van der Waals surface area contributed by atoms with E-state index < -0.39 is 10.0 Å². The fourth-order valence-corrected chi connectivity index (χ4v) is 4.37. The van der Waals surface area contributed by atoms with Crippen molar-refractivity contribution in [2.24, 2.45) is 5.92 Å². The molecule has 1 fully saturated rings. The number of benzene rings is 1. The van der Waals surface area contributed by atoms with Gasteiger partial charge in [-0.2, -0.15) is 0 Å². The van der Waals surface area contributed by atoms with Crippen LogP contribution in [0, 0.1) is 5.92 Å². The average Bonchev–Trinajstić information content (AvgIpc) is 2.46. The number of rotatable bonds is 5. The van der Waals surface area contributed by atoms with Gasteiger partial charge in [-0.15, -0.1) is 0 Å². The minimum absolute atomic E-state index is 0.150. The van der Waals surface area contributed by atoms with Gasteiger partial charge < -0.3 is 5.32 Å². The maximum absolute atomic E-state index is 11.7. The van der Waals surface area contributed by atoms with Crippen LogP contribution in [0.15, 0.2) is 24.3 Å². The molecule has 1 saturated heterocycles. The van der Waals surface area contributed by atoms with Crippen molar-refractivity contribution in [2.75, 3.05) is 19.3 Å². The van der Waals surface area contributed by atoms with Gasteiger partial charge in [-0.1, -0.05) is 43.1 Å². The zero-order valence-corrected chi connectivity index (χ0v) is 15.0. The van der Waals surface area contributed by atoms with E-state index in [2.05, 4.69) is 19.2 Å². The number of nitrogens with zero attached hydrogens (tertiary/aromatic N) is 1. The zero-order chi connectivity index (χ0) is 16.3. The van der Waals surface area contributed by atoms with E-state index in [9.17, 15) is 8.42 Å². The highest BCUT2D eigenvalue weighted by atomic mass is 35.5. The van der Waals surface area contributed by atoms with E-state index in [0.29, 0.717) is 25.0 Å². The Labute approximate surface area is 138 Å². The second-order valence-corrected chi connectivity index (χ2v) is 8.48. The minimum Gasteiger partial charge on any atom is -0.307 e. The van der Waals surface area contributed by atoms with Crippen LogP contribution in [-0.4, -0.2) is 38.1 Å². The van der Waals surface area contributed by atoms with Crippen molar-refractivity contribution in [2.45, 2.75) is 38.8 Å². The Bertz CT molecular complexity index is 606. The predicted molar refractivity (Wildman–Crippen MR) is 91.6 cm³/mol. The highest BCUT2D eigenvalue weighted by molar-refractivity contribution is 7.88. The van der Waals surface area contributed by atoms with Crippen molar-refractivity contribution in [3.63, 3.8) is 0 Å². The summed E-state index contributed by atoms with van der Waals surface area (Å²) in [5.74, 6) is 0.327. The van der Waals surface area contributed by atoms with Crippen LogP contribution in [0.2, 0.25) is 5.02 Å². The summed E-state index contributed by atoms with van der Waals surface area (Å²) in [4.78, 5) is 0. The molecule has 6 heteroatoms. The van der Waals surface area contributed by atoms with Crippen molar-refractivity contribution in [1.29, 1.82) is 0 Å². The lowest BCUT2D eigenvalue weighted by atomic mass is 9.90. The third kappa shape index (κ3) is 4.22. The predicted octanol–water partition coefficient (Wildman–Crippen LogP) is 3.05. The van der Waals surface area contributed by atoms with E-state index >= 15 is 0 Å². The lowest BCUT2D eigenvalue weighted by Crippen LogP contribution is -2.51. The first kappa shape index (κ1) is 17.7. The second-order valence-electron chi connectivity index (χ2n) is 6.09. The highest BCUT2D eigenvalue weighted by Crippen LogP contribution is 2.27. The number of hydrogen-bond acceptors (Lipinski definition) is 3. The van der Waals surface area contributed by atoms with E-state index in [-0.39, 0.29) is 6.04 Å². The molecule has 0 bridgehead atoms. The van der Waals surface area contributed by atoms with E-state index in [1.165, 1.54) is 6.26 Å². The van der Waals surface area contributed by atoms with Crippen molar-refractivity contribution < 1.29 is 8.42 Å². The molecule has 1 N–H and O–H groups in total. The molecule has 3 atom stereocenters. The third-order valence-corrected chi connectivity index (χ3v) is 6.14. The lowest BCUT2D eigenvalue weighted by Gasteiger charge is -2.39. The molecule has 22 heavy (non-hydrogen) atoms. The maximum Gasteiger partial charge on any atom is 0.211 e. The molecule has 0 spiro atoms. The summed E-state index contributed by atoms with van der Waals surface area (Å²) in [5, 5.41) is 4.41. The third-order valence-electron chi connectivity index (χ3n) is 4.53. The van der Waals surface area contributed by atoms with E-state index in [1.807, 2.05) is 24.3 Å². The molecule has 1 heterocycles. The van der Waals surface area contributed by atoms with Crippen molar-refractivity contribution >= 4 is 21.6 Å². The minimum atomic E-state index is -3.10. The Kier molecular flexibility index (Phi) is 5.88. The van der Waals surface area contributed by atoms with Gasteiger partial charge in [-0.25, -0.2) is 12.7 Å². The molecule has 0 amide bonds. The Hall–Kier alpha value is -0.620. The largest absolute Gasteiger partial charge is 0.307 e. The molecule has 1 aromatic rings. The smallest absolute Gasteiger partial charge is 0.211 e. The molecular weight excluding hydrogens is 320 g/mol. The lowest BCUT2D eigenvalue weighted by molar-refractivity contribution is 0.193. The molecule has 124 valence electrons. The zero-order valence-electron chi connectivity index (χ0n) is 13.4. The molecule has 4 nitrogen and oxygen atoms in total. The molecule has 0 unspecified atom stereocenters. The standard InChI is InChI=1S/C16H25ClN2O2S/c1-4-13-11-19(22(3,20)21)10-9-16(13)18-12(2)14-7-5-6-8-15(14)17/h5-8,12-13,16,18H,4,9-11H2,1-3H3/t12-,13-,16-/m1/s1. The van der Waals surface area contributed by atoms with Crippen LogP contribution in [0.25, 0.3) is 0 Å². The monoisotopic (exact) mass is 344 g/mol. The van der Waals surface area contributed by atoms with Gasteiger partial charge in [0.2, 0.25) is 10.0 Å². The normalized spacial score (nSPS) is 25.1. The summed E-state index contributed by atoms with van der Waals surface area (Å²) in [6.07, 6.45) is 3.08. The number of nitrogens with one attached hydrogen (secondary N) is 1. The Balaban J connectivity index is 2.05. The summed E-state index contributed by atoms with van der Waals surface area (Å²) in [6.45, 7) is 5.41. The van der Waals surface area contributed by atoms with E-state index in [0.717, 1.165) is 23.4 Å². The molecule has 1 aliphatic heterocycles. The molecule has 2 rings (SSSR count). The van der Waals surface area contributed by atoms with E-state index in [4.69, 9.17) is 11.6 Å². The van der Waals surface area contributed by atoms with Gasteiger partial charge in [0, 0.05) is 30.2 Å². The maximum atomic E-state index is 11.7. The first-order valence-corrected chi connectivity index (χ1v) is 10.0. The SMILES string of the molecule is CC[C@@H]1CN(S(C)(=O)=O)CC[C@H]1N[C@H](C)c1ccccc1Cl. The summed E-state index contributed by atoms with van der Waals surface area (Å²) < 4.78 is 25.1. The number of hydrogen-bond donors (Lipinski definition) is 1. The second kappa shape index (κ2) is 7.30. The molecule has 1 aliphatic rings. The fraction of sp³-hybridized carbons (Fsp3) is 0.625. The van der Waals surface area contributed by atoms with Crippen LogP contribution in [0.3, 0.4) is 0 Å². The van der Waals surface area contributed by atoms with Gasteiger partial charge in [0.15, 0.2) is 0 Å². The van der Waals surface area contributed by atoms with Gasteiger partial charge in [-0.05, 0) is 30.9 Å². The quantitative estimate of drug-likeness (QED) is 0.893. The van der Waals surface area contributed by atoms with Crippen molar-refractivity contribution in [1.82, 2.24) is 9.62 Å². The molecule has 0 aromatic heterocycles. The van der Waals surface area contributed by atoms with Crippen molar-refractivity contribution in [3.8, 4) is 0 Å². The molecule has 1 aromatic carbocycles. The van der Waals surface area contributed by atoms with Crippen LogP contribution in [0.1, 0.15) is 38.3 Å². The summed E-state index contributed by atoms with van der Waals surface area (Å²) in [7, 11) is -3.10. The van der Waals surface area contributed by atoms with Gasteiger partial charge in [0.25, 0.3) is 0 Å². The Morgan fingerprint density at radius 1 is 1.41 bits per heavy atom. The molecule has 0 radical (unpaired) electrons. The number of halogens is 1. The first-order valence-electron chi connectivity index (χ1n) is 7.78. The molecular formula is C16H25ClN2O2S. The van der Waals surface area contributed by atoms with Crippen molar-refractivity contribution in [3.05, 3.63) is 34.9 Å². The summed E-state index contributed by atoms with van der Waals surface area (Å²) in [5.41, 5.74) is 1.09. The molecule has 0 aliphatic carbocycles. The van der Waals surface area contributed by atoms with Crippen LogP contribution in [-0.2, 0) is 10.0 Å². The summed E-state index contributed by atoms with van der Waals surface area (Å²) in [6, 6.07) is 8.32. The highest BCUT2D eigenvalue weighted by Gasteiger charge is 2.32.